The fourth-order valence-electron chi connectivity index (χ4n) is 3.60. The number of nitrogens with zero attached hydrogens (tertiary/aromatic N) is 1. The third kappa shape index (κ3) is 0.618. The number of hydrogen-bond acceptors (Lipinski definition) is 1. The Morgan fingerprint density at radius 2 is 2.00 bits per heavy atom. The zero-order chi connectivity index (χ0) is 7.59. The molecule has 0 N–H and O–H groups in total. The lowest BCUT2D eigenvalue weighted by Crippen LogP contribution is -2.53. The minimum Gasteiger partial charge on any atom is -0.297 e. The second-order valence-electron chi connectivity index (χ2n) is 4.93. The summed E-state index contributed by atoms with van der Waals surface area (Å²) in [7, 11) is 0. The lowest BCUT2D eigenvalue weighted by atomic mass is 9.53. The van der Waals surface area contributed by atoms with E-state index in [1.807, 2.05) is 0 Å². The second kappa shape index (κ2) is 1.82. The monoisotopic (exact) mass is 151 g/mol. The lowest BCUT2D eigenvalue weighted by molar-refractivity contribution is -0.0288. The highest BCUT2D eigenvalue weighted by molar-refractivity contribution is 5.12. The molecule has 3 rings (SSSR count). The molecule has 0 bridgehead atoms. The van der Waals surface area contributed by atoms with Crippen LogP contribution in [0.3, 0.4) is 0 Å². The van der Waals surface area contributed by atoms with Gasteiger partial charge in [0.15, 0.2) is 0 Å². The predicted molar refractivity (Wildman–Crippen MR) is 45.3 cm³/mol. The van der Waals surface area contributed by atoms with Gasteiger partial charge in [-0.25, -0.2) is 0 Å². The van der Waals surface area contributed by atoms with Crippen LogP contribution in [0.4, 0.5) is 0 Å². The fraction of sp³-hybridized carbons (Fsp3) is 1.00. The van der Waals surface area contributed by atoms with Gasteiger partial charge in [-0.2, -0.15) is 0 Å². The largest absolute Gasteiger partial charge is 0.297 e. The van der Waals surface area contributed by atoms with Crippen molar-refractivity contribution in [3.63, 3.8) is 0 Å². The van der Waals surface area contributed by atoms with Crippen LogP contribution in [0.2, 0.25) is 0 Å². The van der Waals surface area contributed by atoms with Crippen molar-refractivity contribution in [1.82, 2.24) is 4.90 Å². The summed E-state index contributed by atoms with van der Waals surface area (Å²) in [5, 5.41) is 0. The third-order valence-electron chi connectivity index (χ3n) is 4.22. The van der Waals surface area contributed by atoms with Crippen LogP contribution in [0.5, 0.6) is 0 Å². The van der Waals surface area contributed by atoms with Crippen molar-refractivity contribution in [1.29, 1.82) is 0 Å². The molecule has 0 aromatic rings. The summed E-state index contributed by atoms with van der Waals surface area (Å²) in [5.41, 5.74) is 0. The molecule has 2 aliphatic carbocycles. The smallest absolute Gasteiger partial charge is 0.0135 e. The van der Waals surface area contributed by atoms with E-state index < -0.39 is 0 Å². The van der Waals surface area contributed by atoms with Gasteiger partial charge in [0, 0.05) is 18.6 Å². The van der Waals surface area contributed by atoms with Crippen molar-refractivity contribution in [3.05, 3.63) is 0 Å². The summed E-state index contributed by atoms with van der Waals surface area (Å²) >= 11 is 0. The molecule has 0 aromatic heterocycles. The number of likely N-dealkylation sites (tertiary alicyclic amines) is 1. The first-order valence-corrected chi connectivity index (χ1v) is 5.03. The van der Waals surface area contributed by atoms with E-state index in [2.05, 4.69) is 18.7 Å². The lowest BCUT2D eigenvalue weighted by Gasteiger charge is -2.53. The molecule has 11 heavy (non-hydrogen) atoms. The summed E-state index contributed by atoms with van der Waals surface area (Å²) in [5.74, 6) is 3.42. The SMILES string of the molecule is CC(C)N1CC2CC3CC1C32. The van der Waals surface area contributed by atoms with Crippen LogP contribution >= 0.6 is 0 Å². The molecule has 0 amide bonds. The first-order valence-electron chi connectivity index (χ1n) is 5.03. The molecular formula is C10H17N. The minimum atomic E-state index is 0.798. The van der Waals surface area contributed by atoms with E-state index in [0.717, 1.165) is 29.8 Å². The summed E-state index contributed by atoms with van der Waals surface area (Å²) in [6.45, 7) is 6.11. The van der Waals surface area contributed by atoms with Crippen molar-refractivity contribution in [2.75, 3.05) is 6.54 Å². The zero-order valence-corrected chi connectivity index (χ0v) is 7.46. The highest BCUT2D eigenvalue weighted by Gasteiger charge is 2.60. The Kier molecular flexibility index (Phi) is 1.07. The van der Waals surface area contributed by atoms with E-state index in [4.69, 9.17) is 0 Å². The molecule has 1 saturated heterocycles. The average molecular weight is 151 g/mol. The molecule has 1 aliphatic heterocycles. The van der Waals surface area contributed by atoms with Crippen molar-refractivity contribution >= 4 is 0 Å². The summed E-state index contributed by atoms with van der Waals surface area (Å²) in [6, 6.07) is 1.81. The molecule has 4 unspecified atom stereocenters. The molecule has 62 valence electrons. The predicted octanol–water partition coefficient (Wildman–Crippen LogP) is 1.74. The van der Waals surface area contributed by atoms with Crippen LogP contribution in [0, 0.1) is 17.8 Å². The van der Waals surface area contributed by atoms with Crippen molar-refractivity contribution < 1.29 is 0 Å². The van der Waals surface area contributed by atoms with Gasteiger partial charge >= 0.3 is 0 Å². The maximum Gasteiger partial charge on any atom is 0.0135 e. The van der Waals surface area contributed by atoms with Gasteiger partial charge in [-0.3, -0.25) is 4.90 Å². The van der Waals surface area contributed by atoms with Gasteiger partial charge in [0.25, 0.3) is 0 Å². The topological polar surface area (TPSA) is 3.24 Å². The maximum absolute atomic E-state index is 2.73. The van der Waals surface area contributed by atoms with E-state index in [1.165, 1.54) is 13.0 Å². The second-order valence-corrected chi connectivity index (χ2v) is 4.93. The van der Waals surface area contributed by atoms with Gasteiger partial charge in [-0.15, -0.1) is 0 Å². The third-order valence-corrected chi connectivity index (χ3v) is 4.22. The minimum absolute atomic E-state index is 0.798. The van der Waals surface area contributed by atoms with Gasteiger partial charge in [-0.05, 0) is 44.4 Å². The molecular weight excluding hydrogens is 134 g/mol. The Bertz CT molecular complexity index is 187. The molecule has 4 atom stereocenters. The molecule has 2 saturated carbocycles. The molecule has 0 spiro atoms. The quantitative estimate of drug-likeness (QED) is 0.551. The van der Waals surface area contributed by atoms with Gasteiger partial charge < -0.3 is 0 Å². The Balaban J connectivity index is 1.80. The molecule has 0 radical (unpaired) electrons. The molecule has 3 fully saturated rings. The summed E-state index contributed by atoms with van der Waals surface area (Å²) in [6.07, 6.45) is 3.09. The van der Waals surface area contributed by atoms with Gasteiger partial charge in [-0.1, -0.05) is 0 Å². The zero-order valence-electron chi connectivity index (χ0n) is 7.46. The summed E-state index contributed by atoms with van der Waals surface area (Å²) in [4.78, 5) is 2.73. The highest BCUT2D eigenvalue weighted by Crippen LogP contribution is 2.60. The van der Waals surface area contributed by atoms with Crippen LogP contribution in [0.1, 0.15) is 26.7 Å². The number of hydrogen-bond donors (Lipinski definition) is 0. The van der Waals surface area contributed by atoms with E-state index in [9.17, 15) is 0 Å². The standard InChI is InChI=1S/C10H17N/c1-6(2)11-5-8-3-7-4-9(11)10(7)8/h6-10H,3-5H2,1-2H3. The Morgan fingerprint density at radius 3 is 2.55 bits per heavy atom. The van der Waals surface area contributed by atoms with Crippen molar-refractivity contribution in [3.8, 4) is 0 Å². The molecule has 3 aliphatic rings. The van der Waals surface area contributed by atoms with Crippen LogP contribution in [-0.4, -0.2) is 23.5 Å². The summed E-state index contributed by atoms with van der Waals surface area (Å²) < 4.78 is 0. The normalized spacial score (nSPS) is 53.7. The first-order chi connectivity index (χ1) is 5.27. The first kappa shape index (κ1) is 6.47. The number of rotatable bonds is 1. The van der Waals surface area contributed by atoms with Gasteiger partial charge in [0.05, 0.1) is 0 Å². The van der Waals surface area contributed by atoms with Crippen molar-refractivity contribution in [2.45, 2.75) is 38.8 Å². The average Bonchev–Trinajstić information content (AvgIpc) is 2.12. The van der Waals surface area contributed by atoms with E-state index in [-0.39, 0.29) is 0 Å². The fourth-order valence-corrected chi connectivity index (χ4v) is 3.60. The van der Waals surface area contributed by atoms with Crippen LogP contribution in [0.15, 0.2) is 0 Å². The molecule has 1 heteroatoms. The maximum atomic E-state index is 2.73. The van der Waals surface area contributed by atoms with E-state index in [1.54, 1.807) is 6.42 Å². The van der Waals surface area contributed by atoms with Gasteiger partial charge in [0.1, 0.15) is 0 Å². The Hall–Kier alpha value is -0.0400. The molecule has 0 aromatic carbocycles. The molecule has 1 nitrogen and oxygen atoms in total. The van der Waals surface area contributed by atoms with Crippen LogP contribution in [0.25, 0.3) is 0 Å². The van der Waals surface area contributed by atoms with E-state index in [0.29, 0.717) is 0 Å². The highest BCUT2D eigenvalue weighted by atomic mass is 15.2. The van der Waals surface area contributed by atoms with E-state index >= 15 is 0 Å². The molecule has 1 heterocycles. The van der Waals surface area contributed by atoms with Crippen LogP contribution in [-0.2, 0) is 0 Å². The Morgan fingerprint density at radius 1 is 1.18 bits per heavy atom. The Labute approximate surface area is 68.8 Å². The van der Waals surface area contributed by atoms with Crippen LogP contribution < -0.4 is 0 Å². The van der Waals surface area contributed by atoms with Gasteiger partial charge in [0.2, 0.25) is 0 Å². The van der Waals surface area contributed by atoms with Crippen molar-refractivity contribution in [2.24, 2.45) is 17.8 Å².